The first-order valence-electron chi connectivity index (χ1n) is 18.3. The van der Waals surface area contributed by atoms with E-state index in [4.69, 9.17) is 9.97 Å². The molecule has 0 N–H and O–H groups in total. The number of hydrogen-bond acceptors (Lipinski definition) is 3. The van der Waals surface area contributed by atoms with Crippen molar-refractivity contribution in [2.24, 2.45) is 0 Å². The molecule has 54 heavy (non-hydrogen) atoms. The Labute approximate surface area is 313 Å². The molecule has 0 radical (unpaired) electrons. The lowest BCUT2D eigenvalue weighted by Crippen LogP contribution is -1.97. The molecule has 0 aliphatic carbocycles. The molecule has 0 aliphatic rings. The molecule has 0 fully saturated rings. The predicted molar refractivity (Wildman–Crippen MR) is 225 cm³/mol. The van der Waals surface area contributed by atoms with Crippen LogP contribution >= 0.6 is 0 Å². The lowest BCUT2D eigenvalue weighted by Gasteiger charge is -2.16. The average Bonchev–Trinajstić information content (AvgIpc) is 3.26. The van der Waals surface area contributed by atoms with Gasteiger partial charge in [0.1, 0.15) is 0 Å². The van der Waals surface area contributed by atoms with Crippen molar-refractivity contribution in [3.8, 4) is 67.3 Å². The third-order valence-electron chi connectivity index (χ3n) is 10.4. The van der Waals surface area contributed by atoms with Crippen molar-refractivity contribution in [2.75, 3.05) is 0 Å². The van der Waals surface area contributed by atoms with Gasteiger partial charge in [-0.05, 0) is 90.5 Å². The van der Waals surface area contributed by atoms with Crippen molar-refractivity contribution in [3.05, 3.63) is 200 Å². The van der Waals surface area contributed by atoms with E-state index in [1.54, 1.807) is 6.20 Å². The summed E-state index contributed by atoms with van der Waals surface area (Å²) < 4.78 is 0. The zero-order valence-electron chi connectivity index (χ0n) is 29.4. The Hall–Kier alpha value is -7.23. The normalized spacial score (nSPS) is 11.3. The Bertz CT molecular complexity index is 2970. The summed E-state index contributed by atoms with van der Waals surface area (Å²) >= 11 is 0. The van der Waals surface area contributed by atoms with Crippen molar-refractivity contribution >= 4 is 32.3 Å². The van der Waals surface area contributed by atoms with Crippen LogP contribution in [0.4, 0.5) is 0 Å². The maximum atomic E-state index is 5.28. The number of nitrogens with zero attached hydrogens (tertiary/aromatic N) is 3. The molecule has 0 spiro atoms. The molecule has 8 aromatic carbocycles. The van der Waals surface area contributed by atoms with Crippen LogP contribution in [-0.2, 0) is 0 Å². The van der Waals surface area contributed by atoms with E-state index in [2.05, 4.69) is 181 Å². The third kappa shape index (κ3) is 5.60. The SMILES string of the molecule is c1ccc(-c2cc(-c3ccccc3-c3cccnc3)nc(-c3cccc(-c4cc5c6ccccc6c(-c6ccccc6)cc5c5ccccc45)c3)n2)cc1. The molecule has 3 nitrogen and oxygen atoms in total. The van der Waals surface area contributed by atoms with Crippen molar-refractivity contribution in [1.82, 2.24) is 15.0 Å². The number of hydrogen-bond donors (Lipinski definition) is 0. The predicted octanol–water partition coefficient (Wildman–Crippen LogP) is 13.3. The molecule has 0 bridgehead atoms. The lowest BCUT2D eigenvalue weighted by molar-refractivity contribution is 1.18. The molecule has 0 aliphatic heterocycles. The van der Waals surface area contributed by atoms with Crippen LogP contribution in [0.15, 0.2) is 200 Å². The van der Waals surface area contributed by atoms with Gasteiger partial charge in [-0.1, -0.05) is 158 Å². The quantitative estimate of drug-likeness (QED) is 0.163. The molecule has 3 heteroatoms. The van der Waals surface area contributed by atoms with E-state index in [-0.39, 0.29) is 0 Å². The molecular weight excluding hydrogens is 655 g/mol. The van der Waals surface area contributed by atoms with Crippen LogP contribution in [0.3, 0.4) is 0 Å². The summed E-state index contributed by atoms with van der Waals surface area (Å²) in [6, 6.07) is 66.7. The number of rotatable bonds is 6. The molecule has 0 atom stereocenters. The van der Waals surface area contributed by atoms with E-state index in [1.807, 2.05) is 18.3 Å². The Balaban J connectivity index is 1.18. The average molecular weight is 688 g/mol. The molecule has 0 saturated carbocycles. The highest BCUT2D eigenvalue weighted by atomic mass is 14.9. The van der Waals surface area contributed by atoms with Crippen molar-refractivity contribution < 1.29 is 0 Å². The Morgan fingerprint density at radius 1 is 0.278 bits per heavy atom. The van der Waals surface area contributed by atoms with Crippen LogP contribution in [0.2, 0.25) is 0 Å². The molecule has 10 rings (SSSR count). The molecule has 2 heterocycles. The second kappa shape index (κ2) is 13.4. The van der Waals surface area contributed by atoms with Crippen LogP contribution in [0.5, 0.6) is 0 Å². The van der Waals surface area contributed by atoms with Gasteiger partial charge in [-0.3, -0.25) is 4.98 Å². The van der Waals surface area contributed by atoms with Crippen LogP contribution in [0.1, 0.15) is 0 Å². The molecule has 0 amide bonds. The van der Waals surface area contributed by atoms with Crippen LogP contribution in [-0.4, -0.2) is 15.0 Å². The smallest absolute Gasteiger partial charge is 0.160 e. The topological polar surface area (TPSA) is 38.7 Å². The van der Waals surface area contributed by atoms with Crippen LogP contribution in [0, 0.1) is 0 Å². The fourth-order valence-electron chi connectivity index (χ4n) is 7.82. The fourth-order valence-corrected chi connectivity index (χ4v) is 7.82. The molecule has 0 unspecified atom stereocenters. The number of benzene rings is 8. The molecule has 0 saturated heterocycles. The van der Waals surface area contributed by atoms with E-state index in [1.165, 1.54) is 49.0 Å². The van der Waals surface area contributed by atoms with E-state index in [0.29, 0.717) is 5.82 Å². The van der Waals surface area contributed by atoms with E-state index < -0.39 is 0 Å². The summed E-state index contributed by atoms with van der Waals surface area (Å²) in [4.78, 5) is 14.9. The van der Waals surface area contributed by atoms with Gasteiger partial charge in [-0.15, -0.1) is 0 Å². The summed E-state index contributed by atoms with van der Waals surface area (Å²) in [6.45, 7) is 0. The molecular formula is C51H33N3. The minimum atomic E-state index is 0.678. The monoisotopic (exact) mass is 687 g/mol. The first-order chi connectivity index (χ1) is 26.8. The number of aromatic nitrogens is 3. The van der Waals surface area contributed by atoms with Crippen molar-refractivity contribution in [1.29, 1.82) is 0 Å². The van der Waals surface area contributed by atoms with Gasteiger partial charge in [0.25, 0.3) is 0 Å². The van der Waals surface area contributed by atoms with Crippen molar-refractivity contribution in [3.63, 3.8) is 0 Å². The Morgan fingerprint density at radius 3 is 1.46 bits per heavy atom. The zero-order valence-corrected chi connectivity index (χ0v) is 29.4. The zero-order chi connectivity index (χ0) is 35.8. The number of pyridine rings is 1. The van der Waals surface area contributed by atoms with E-state index in [9.17, 15) is 0 Å². The van der Waals surface area contributed by atoms with E-state index in [0.717, 1.165) is 44.8 Å². The molecule has 252 valence electrons. The van der Waals surface area contributed by atoms with Crippen LogP contribution < -0.4 is 0 Å². The summed E-state index contributed by atoms with van der Waals surface area (Å²) in [6.07, 6.45) is 3.71. The molecule has 10 aromatic rings. The van der Waals surface area contributed by atoms with Gasteiger partial charge in [0.05, 0.1) is 11.4 Å². The fraction of sp³-hybridized carbons (Fsp3) is 0. The third-order valence-corrected chi connectivity index (χ3v) is 10.4. The van der Waals surface area contributed by atoms with Gasteiger partial charge in [-0.2, -0.15) is 0 Å². The summed E-state index contributed by atoms with van der Waals surface area (Å²) in [5, 5.41) is 7.42. The van der Waals surface area contributed by atoms with Crippen LogP contribution in [0.25, 0.3) is 99.6 Å². The maximum absolute atomic E-state index is 5.28. The van der Waals surface area contributed by atoms with Gasteiger partial charge < -0.3 is 0 Å². The number of fused-ring (bicyclic) bond motifs is 5. The Morgan fingerprint density at radius 2 is 0.796 bits per heavy atom. The maximum Gasteiger partial charge on any atom is 0.160 e. The largest absolute Gasteiger partial charge is 0.264 e. The van der Waals surface area contributed by atoms with Gasteiger partial charge >= 0.3 is 0 Å². The van der Waals surface area contributed by atoms with E-state index >= 15 is 0 Å². The standard InChI is InChI=1S/C51H33N3/c1-3-15-34(16-4-1)45-30-47-43-26-11-9-24-41(43)46(31-48(47)42-25-10-8-23-40(42)45)36-19-13-20-37(29-36)51-53-49(35-17-5-2-6-18-35)32-50(54-51)44-27-12-7-22-39(44)38-21-14-28-52-33-38/h1-33H. The highest BCUT2D eigenvalue weighted by molar-refractivity contribution is 6.23. The second-order valence-corrected chi connectivity index (χ2v) is 13.6. The highest BCUT2D eigenvalue weighted by Crippen LogP contribution is 2.42. The molecule has 2 aromatic heterocycles. The second-order valence-electron chi connectivity index (χ2n) is 13.6. The minimum Gasteiger partial charge on any atom is -0.264 e. The van der Waals surface area contributed by atoms with Gasteiger partial charge in [-0.25, -0.2) is 9.97 Å². The minimum absolute atomic E-state index is 0.678. The Kier molecular flexibility index (Phi) is 7.81. The van der Waals surface area contributed by atoms with Gasteiger partial charge in [0.2, 0.25) is 0 Å². The summed E-state index contributed by atoms with van der Waals surface area (Å²) in [5.74, 6) is 0.678. The first-order valence-corrected chi connectivity index (χ1v) is 18.3. The van der Waals surface area contributed by atoms with Gasteiger partial charge in [0, 0.05) is 34.6 Å². The lowest BCUT2D eigenvalue weighted by atomic mass is 9.87. The summed E-state index contributed by atoms with van der Waals surface area (Å²) in [7, 11) is 0. The van der Waals surface area contributed by atoms with Crippen molar-refractivity contribution in [2.45, 2.75) is 0 Å². The highest BCUT2D eigenvalue weighted by Gasteiger charge is 2.17. The van der Waals surface area contributed by atoms with Gasteiger partial charge in [0.15, 0.2) is 5.82 Å². The first kappa shape index (κ1) is 31.5. The summed E-state index contributed by atoms with van der Waals surface area (Å²) in [5.41, 5.74) is 11.7.